The highest BCUT2D eigenvalue weighted by molar-refractivity contribution is 6.05. The van der Waals surface area contributed by atoms with Crippen molar-refractivity contribution in [2.24, 2.45) is 0 Å². The fourth-order valence-corrected chi connectivity index (χ4v) is 1.62. The highest BCUT2D eigenvalue weighted by atomic mass is 16.3. The second-order valence-corrected chi connectivity index (χ2v) is 4.19. The number of phenols is 1. The lowest BCUT2D eigenvalue weighted by molar-refractivity contribution is 0.102. The predicted octanol–water partition coefficient (Wildman–Crippen LogP) is 2.66. The lowest BCUT2D eigenvalue weighted by Crippen LogP contribution is -2.13. The summed E-state index contributed by atoms with van der Waals surface area (Å²) in [7, 11) is 0. The first-order chi connectivity index (χ1) is 8.56. The van der Waals surface area contributed by atoms with Crippen molar-refractivity contribution in [1.82, 2.24) is 4.98 Å². The molecule has 2 N–H and O–H groups in total. The maximum atomic E-state index is 12.0. The van der Waals surface area contributed by atoms with Gasteiger partial charge in [-0.3, -0.25) is 4.79 Å². The minimum Gasteiger partial charge on any atom is -0.507 e. The van der Waals surface area contributed by atoms with Gasteiger partial charge in [0.1, 0.15) is 11.6 Å². The number of hydrogen-bond donors (Lipinski definition) is 2. The lowest BCUT2D eigenvalue weighted by Gasteiger charge is -2.07. The molecule has 4 nitrogen and oxygen atoms in total. The molecule has 1 amide bonds. The number of pyridine rings is 1. The molecule has 1 heterocycles. The second-order valence-electron chi connectivity index (χ2n) is 4.19. The number of aryl methyl sites for hydroxylation is 2. The van der Waals surface area contributed by atoms with Crippen molar-refractivity contribution in [3.63, 3.8) is 0 Å². The van der Waals surface area contributed by atoms with Crippen LogP contribution in [0, 0.1) is 13.8 Å². The van der Waals surface area contributed by atoms with Gasteiger partial charge in [0.15, 0.2) is 0 Å². The van der Waals surface area contributed by atoms with E-state index in [1.165, 1.54) is 6.07 Å². The number of hydrogen-bond acceptors (Lipinski definition) is 3. The molecule has 0 saturated carbocycles. The maximum Gasteiger partial charge on any atom is 0.260 e. The zero-order chi connectivity index (χ0) is 13.1. The third-order valence-electron chi connectivity index (χ3n) is 2.55. The van der Waals surface area contributed by atoms with Crippen LogP contribution in [0.5, 0.6) is 5.75 Å². The Morgan fingerprint density at radius 3 is 2.61 bits per heavy atom. The fraction of sp³-hybridized carbons (Fsp3) is 0.143. The summed E-state index contributed by atoms with van der Waals surface area (Å²) in [6.07, 6.45) is 1.63. The van der Waals surface area contributed by atoms with Crippen LogP contribution in [0.25, 0.3) is 0 Å². The van der Waals surface area contributed by atoms with Gasteiger partial charge in [-0.05, 0) is 43.7 Å². The van der Waals surface area contributed by atoms with Gasteiger partial charge in [-0.2, -0.15) is 0 Å². The Morgan fingerprint density at radius 1 is 1.17 bits per heavy atom. The zero-order valence-corrected chi connectivity index (χ0v) is 10.3. The summed E-state index contributed by atoms with van der Waals surface area (Å²) < 4.78 is 0. The van der Waals surface area contributed by atoms with Gasteiger partial charge in [0.25, 0.3) is 5.91 Å². The zero-order valence-electron chi connectivity index (χ0n) is 10.3. The van der Waals surface area contributed by atoms with Crippen LogP contribution in [0.3, 0.4) is 0 Å². The largest absolute Gasteiger partial charge is 0.507 e. The van der Waals surface area contributed by atoms with E-state index in [0.717, 1.165) is 11.1 Å². The first-order valence-corrected chi connectivity index (χ1v) is 5.60. The van der Waals surface area contributed by atoms with Crippen molar-refractivity contribution in [3.8, 4) is 5.75 Å². The summed E-state index contributed by atoms with van der Waals surface area (Å²) in [6.45, 7) is 3.78. The van der Waals surface area contributed by atoms with E-state index in [2.05, 4.69) is 10.3 Å². The SMILES string of the molecule is Cc1ccnc(NC(=O)c2cc(C)ccc2O)c1. The van der Waals surface area contributed by atoms with E-state index < -0.39 is 0 Å². The van der Waals surface area contributed by atoms with E-state index in [1.807, 2.05) is 19.9 Å². The molecule has 0 atom stereocenters. The van der Waals surface area contributed by atoms with Crippen molar-refractivity contribution >= 4 is 11.7 Å². The van der Waals surface area contributed by atoms with Gasteiger partial charge in [0.2, 0.25) is 0 Å². The molecule has 2 rings (SSSR count). The Labute approximate surface area is 105 Å². The summed E-state index contributed by atoms with van der Waals surface area (Å²) in [4.78, 5) is 16.0. The molecule has 18 heavy (non-hydrogen) atoms. The van der Waals surface area contributed by atoms with Crippen molar-refractivity contribution in [2.75, 3.05) is 5.32 Å². The fourth-order valence-electron chi connectivity index (χ4n) is 1.62. The Hall–Kier alpha value is -2.36. The third-order valence-corrected chi connectivity index (χ3v) is 2.55. The molecule has 0 aliphatic carbocycles. The number of carbonyl (C=O) groups is 1. The molecule has 0 aliphatic rings. The molecule has 2 aromatic rings. The number of amides is 1. The van der Waals surface area contributed by atoms with Crippen molar-refractivity contribution in [1.29, 1.82) is 0 Å². The van der Waals surface area contributed by atoms with Crippen LogP contribution in [-0.2, 0) is 0 Å². The van der Waals surface area contributed by atoms with E-state index >= 15 is 0 Å². The maximum absolute atomic E-state index is 12.0. The van der Waals surface area contributed by atoms with Gasteiger partial charge in [-0.15, -0.1) is 0 Å². The van der Waals surface area contributed by atoms with Crippen molar-refractivity contribution in [2.45, 2.75) is 13.8 Å². The first kappa shape index (κ1) is 12.1. The Bertz CT molecular complexity index is 594. The van der Waals surface area contributed by atoms with Crippen molar-refractivity contribution < 1.29 is 9.90 Å². The normalized spacial score (nSPS) is 10.1. The number of nitrogens with one attached hydrogen (secondary N) is 1. The summed E-state index contributed by atoms with van der Waals surface area (Å²) in [5.74, 6) is 0.0703. The van der Waals surface area contributed by atoms with Crippen LogP contribution in [0.1, 0.15) is 21.5 Å². The van der Waals surface area contributed by atoms with Crippen LogP contribution in [0.15, 0.2) is 36.5 Å². The van der Waals surface area contributed by atoms with Gasteiger partial charge in [0, 0.05) is 6.20 Å². The smallest absolute Gasteiger partial charge is 0.260 e. The number of rotatable bonds is 2. The number of aromatic hydroxyl groups is 1. The van der Waals surface area contributed by atoms with Crippen LogP contribution < -0.4 is 5.32 Å². The van der Waals surface area contributed by atoms with Gasteiger partial charge < -0.3 is 10.4 Å². The molecular weight excluding hydrogens is 228 g/mol. The molecule has 0 saturated heterocycles. The molecule has 4 heteroatoms. The average Bonchev–Trinajstić information content (AvgIpc) is 2.32. The lowest BCUT2D eigenvalue weighted by atomic mass is 10.1. The Morgan fingerprint density at radius 2 is 1.89 bits per heavy atom. The monoisotopic (exact) mass is 242 g/mol. The minimum absolute atomic E-state index is 0.0363. The Kier molecular flexibility index (Phi) is 3.28. The minimum atomic E-state index is -0.366. The number of nitrogens with zero attached hydrogens (tertiary/aromatic N) is 1. The van der Waals surface area contributed by atoms with E-state index in [9.17, 15) is 9.90 Å². The Balaban J connectivity index is 2.24. The van der Waals surface area contributed by atoms with Gasteiger partial charge in [0.05, 0.1) is 5.56 Å². The van der Waals surface area contributed by atoms with Gasteiger partial charge >= 0.3 is 0 Å². The molecule has 1 aromatic carbocycles. The van der Waals surface area contributed by atoms with E-state index in [4.69, 9.17) is 0 Å². The molecule has 92 valence electrons. The number of anilines is 1. The number of phenolic OH excluding ortho intramolecular Hbond substituents is 1. The predicted molar refractivity (Wildman–Crippen MR) is 69.8 cm³/mol. The van der Waals surface area contributed by atoms with E-state index in [1.54, 1.807) is 24.4 Å². The summed E-state index contributed by atoms with van der Waals surface area (Å²) >= 11 is 0. The topological polar surface area (TPSA) is 62.2 Å². The van der Waals surface area contributed by atoms with Crippen LogP contribution >= 0.6 is 0 Å². The second kappa shape index (κ2) is 4.87. The number of carbonyl (C=O) groups excluding carboxylic acids is 1. The molecular formula is C14H14N2O2. The molecule has 0 bridgehead atoms. The van der Waals surface area contributed by atoms with E-state index in [0.29, 0.717) is 5.82 Å². The van der Waals surface area contributed by atoms with Gasteiger partial charge in [-0.25, -0.2) is 4.98 Å². The van der Waals surface area contributed by atoms with Crippen LogP contribution in [0.2, 0.25) is 0 Å². The first-order valence-electron chi connectivity index (χ1n) is 5.60. The van der Waals surface area contributed by atoms with E-state index in [-0.39, 0.29) is 17.2 Å². The summed E-state index contributed by atoms with van der Waals surface area (Å²) in [5, 5.41) is 12.3. The van der Waals surface area contributed by atoms with Crippen LogP contribution in [0.4, 0.5) is 5.82 Å². The molecule has 1 aromatic heterocycles. The molecule has 0 fully saturated rings. The van der Waals surface area contributed by atoms with Crippen molar-refractivity contribution in [3.05, 3.63) is 53.2 Å². The highest BCUT2D eigenvalue weighted by Crippen LogP contribution is 2.19. The molecule has 0 aliphatic heterocycles. The summed E-state index contributed by atoms with van der Waals surface area (Å²) in [5.41, 5.74) is 2.17. The third kappa shape index (κ3) is 2.66. The molecule has 0 unspecified atom stereocenters. The average molecular weight is 242 g/mol. The van der Waals surface area contributed by atoms with Crippen LogP contribution in [-0.4, -0.2) is 16.0 Å². The highest BCUT2D eigenvalue weighted by Gasteiger charge is 2.11. The standard InChI is InChI=1S/C14H14N2O2/c1-9-3-4-12(17)11(7-9)14(18)16-13-8-10(2)5-6-15-13/h3-8,17H,1-2H3,(H,15,16,18). The quantitative estimate of drug-likeness (QED) is 0.851. The van der Waals surface area contributed by atoms with Gasteiger partial charge in [-0.1, -0.05) is 11.6 Å². The summed E-state index contributed by atoms with van der Waals surface area (Å²) in [6, 6.07) is 8.51. The molecule has 0 spiro atoms. The molecule has 0 radical (unpaired) electrons. The number of benzene rings is 1. The number of aromatic nitrogens is 1.